The number of hydrogen-bond donors (Lipinski definition) is 2. The molecule has 0 saturated heterocycles. The molecule has 5 heteroatoms. The summed E-state index contributed by atoms with van der Waals surface area (Å²) in [5.41, 5.74) is 1.85. The molecule has 3 aromatic rings. The van der Waals surface area contributed by atoms with Crippen molar-refractivity contribution in [3.05, 3.63) is 64.8 Å². The van der Waals surface area contributed by atoms with Gasteiger partial charge < -0.3 is 14.8 Å². The first-order valence-electron chi connectivity index (χ1n) is 6.36. The van der Waals surface area contributed by atoms with E-state index in [0.717, 1.165) is 11.1 Å². The molecule has 106 valence electrons. The monoisotopic (exact) mass is 301 g/mol. The lowest BCUT2D eigenvalue weighted by molar-refractivity contribution is 0.0699. The number of nitrogens with one attached hydrogen (secondary N) is 1. The number of carboxylic acid groups (broad SMARTS) is 1. The number of carboxylic acids is 1. The predicted octanol–water partition coefficient (Wildman–Crippen LogP) is 4.10. The lowest BCUT2D eigenvalue weighted by Crippen LogP contribution is -2.00. The number of ether oxygens (including phenoxy) is 1. The van der Waals surface area contributed by atoms with Gasteiger partial charge in [0.05, 0.1) is 5.56 Å². The van der Waals surface area contributed by atoms with Crippen molar-refractivity contribution in [2.24, 2.45) is 0 Å². The summed E-state index contributed by atoms with van der Waals surface area (Å²) >= 11 is 5.82. The quantitative estimate of drug-likeness (QED) is 0.762. The molecule has 0 bridgehead atoms. The van der Waals surface area contributed by atoms with Gasteiger partial charge in [0, 0.05) is 27.7 Å². The Bertz CT molecular complexity index is 793. The van der Waals surface area contributed by atoms with E-state index >= 15 is 0 Å². The Balaban J connectivity index is 1.90. The minimum atomic E-state index is -0.951. The molecule has 1 heterocycles. The average Bonchev–Trinajstić information content (AvgIpc) is 2.90. The van der Waals surface area contributed by atoms with Crippen molar-refractivity contribution >= 4 is 28.5 Å². The summed E-state index contributed by atoms with van der Waals surface area (Å²) in [7, 11) is 0. The van der Waals surface area contributed by atoms with Crippen LogP contribution < -0.4 is 4.74 Å². The lowest BCUT2D eigenvalue weighted by atomic mass is 10.1. The van der Waals surface area contributed by atoms with Crippen molar-refractivity contribution in [1.82, 2.24) is 4.98 Å². The molecule has 0 unspecified atom stereocenters. The van der Waals surface area contributed by atoms with Gasteiger partial charge in [0.2, 0.25) is 0 Å². The van der Waals surface area contributed by atoms with Gasteiger partial charge >= 0.3 is 5.97 Å². The van der Waals surface area contributed by atoms with Crippen LogP contribution in [0.15, 0.2) is 48.7 Å². The van der Waals surface area contributed by atoms with Crippen LogP contribution in [0.5, 0.6) is 5.75 Å². The highest BCUT2D eigenvalue weighted by Gasteiger charge is 2.13. The predicted molar refractivity (Wildman–Crippen MR) is 81.0 cm³/mol. The molecular formula is C16H12ClNO3. The van der Waals surface area contributed by atoms with E-state index in [4.69, 9.17) is 16.3 Å². The topological polar surface area (TPSA) is 62.3 Å². The highest BCUT2D eigenvalue weighted by molar-refractivity contribution is 6.30. The Morgan fingerprint density at radius 1 is 1.19 bits per heavy atom. The minimum Gasteiger partial charge on any atom is -0.489 e. The molecule has 0 aliphatic heterocycles. The number of rotatable bonds is 4. The average molecular weight is 302 g/mol. The Hall–Kier alpha value is -2.46. The van der Waals surface area contributed by atoms with Gasteiger partial charge in [-0.2, -0.15) is 0 Å². The highest BCUT2D eigenvalue weighted by atomic mass is 35.5. The third kappa shape index (κ3) is 2.71. The van der Waals surface area contributed by atoms with Crippen LogP contribution in [0.2, 0.25) is 5.02 Å². The molecule has 0 fully saturated rings. The molecule has 0 atom stereocenters. The number of hydrogen-bond acceptors (Lipinski definition) is 2. The number of fused-ring (bicyclic) bond motifs is 1. The second kappa shape index (κ2) is 5.50. The van der Waals surface area contributed by atoms with Crippen LogP contribution in [0, 0.1) is 0 Å². The summed E-state index contributed by atoms with van der Waals surface area (Å²) in [5.74, 6) is -0.269. The van der Waals surface area contributed by atoms with Crippen molar-refractivity contribution in [2.75, 3.05) is 0 Å². The Morgan fingerprint density at radius 3 is 2.67 bits per heavy atom. The van der Waals surface area contributed by atoms with Crippen molar-refractivity contribution < 1.29 is 14.6 Å². The molecule has 4 nitrogen and oxygen atoms in total. The van der Waals surface area contributed by atoms with Gasteiger partial charge in [-0.05, 0) is 36.4 Å². The highest BCUT2D eigenvalue weighted by Crippen LogP contribution is 2.24. The standard InChI is InChI=1S/C16H12ClNO3/c17-11-4-6-12(7-5-11)21-9-10-8-18-14-3-1-2-13(15(10)14)16(19)20/h1-8,18H,9H2,(H,19,20). The summed E-state index contributed by atoms with van der Waals surface area (Å²) in [5, 5.41) is 10.6. The fourth-order valence-electron chi connectivity index (χ4n) is 2.24. The zero-order valence-electron chi connectivity index (χ0n) is 11.0. The van der Waals surface area contributed by atoms with E-state index in [2.05, 4.69) is 4.98 Å². The van der Waals surface area contributed by atoms with E-state index in [9.17, 15) is 9.90 Å². The molecule has 3 rings (SSSR count). The van der Waals surface area contributed by atoms with Crippen LogP contribution in [-0.4, -0.2) is 16.1 Å². The molecule has 2 N–H and O–H groups in total. The molecule has 0 amide bonds. The number of aromatic nitrogens is 1. The van der Waals surface area contributed by atoms with E-state index in [1.807, 2.05) is 6.07 Å². The molecule has 1 aromatic heterocycles. The second-order valence-electron chi connectivity index (χ2n) is 4.59. The van der Waals surface area contributed by atoms with Gasteiger partial charge in [-0.1, -0.05) is 17.7 Å². The van der Waals surface area contributed by atoms with Crippen molar-refractivity contribution in [2.45, 2.75) is 6.61 Å². The molecular weight excluding hydrogens is 290 g/mol. The number of benzene rings is 2. The van der Waals surface area contributed by atoms with Gasteiger partial charge in [0.25, 0.3) is 0 Å². The fraction of sp³-hybridized carbons (Fsp3) is 0.0625. The molecule has 0 aliphatic rings. The van der Waals surface area contributed by atoms with E-state index in [-0.39, 0.29) is 12.2 Å². The summed E-state index contributed by atoms with van der Waals surface area (Å²) < 4.78 is 5.68. The number of aromatic amines is 1. The molecule has 2 aromatic carbocycles. The number of aromatic carboxylic acids is 1. The van der Waals surface area contributed by atoms with E-state index < -0.39 is 5.97 Å². The lowest BCUT2D eigenvalue weighted by Gasteiger charge is -2.06. The molecule has 0 radical (unpaired) electrons. The zero-order valence-corrected chi connectivity index (χ0v) is 11.7. The summed E-state index contributed by atoms with van der Waals surface area (Å²) in [6.45, 7) is 0.284. The van der Waals surface area contributed by atoms with E-state index in [1.165, 1.54) is 0 Å². The zero-order chi connectivity index (χ0) is 14.8. The van der Waals surface area contributed by atoms with Gasteiger partial charge in [-0.25, -0.2) is 4.79 Å². The van der Waals surface area contributed by atoms with Gasteiger partial charge in [0.1, 0.15) is 12.4 Å². The number of H-pyrrole nitrogens is 1. The summed E-state index contributed by atoms with van der Waals surface area (Å²) in [6.07, 6.45) is 1.77. The largest absolute Gasteiger partial charge is 0.489 e. The first-order valence-corrected chi connectivity index (χ1v) is 6.73. The third-order valence-corrected chi connectivity index (χ3v) is 3.48. The van der Waals surface area contributed by atoms with Crippen LogP contribution in [0.3, 0.4) is 0 Å². The van der Waals surface area contributed by atoms with Gasteiger partial charge in [-0.3, -0.25) is 0 Å². The van der Waals surface area contributed by atoms with E-state index in [1.54, 1.807) is 42.6 Å². The summed E-state index contributed by atoms with van der Waals surface area (Å²) in [6, 6.07) is 12.2. The number of carbonyl (C=O) groups is 1. The van der Waals surface area contributed by atoms with Crippen LogP contribution in [0.25, 0.3) is 10.9 Å². The van der Waals surface area contributed by atoms with Crippen molar-refractivity contribution in [1.29, 1.82) is 0 Å². The first-order chi connectivity index (χ1) is 10.1. The van der Waals surface area contributed by atoms with Crippen molar-refractivity contribution in [3.8, 4) is 5.75 Å². The maximum absolute atomic E-state index is 11.3. The normalized spacial score (nSPS) is 10.7. The maximum atomic E-state index is 11.3. The molecule has 0 aliphatic carbocycles. The maximum Gasteiger partial charge on any atom is 0.336 e. The fourth-order valence-corrected chi connectivity index (χ4v) is 2.37. The summed E-state index contributed by atoms with van der Waals surface area (Å²) in [4.78, 5) is 14.4. The minimum absolute atomic E-state index is 0.267. The van der Waals surface area contributed by atoms with Crippen LogP contribution in [0.4, 0.5) is 0 Å². The van der Waals surface area contributed by atoms with Crippen LogP contribution in [0.1, 0.15) is 15.9 Å². The SMILES string of the molecule is O=C(O)c1cccc2[nH]cc(COc3ccc(Cl)cc3)c12. The molecule has 0 spiro atoms. The smallest absolute Gasteiger partial charge is 0.336 e. The molecule has 0 saturated carbocycles. The third-order valence-electron chi connectivity index (χ3n) is 3.23. The van der Waals surface area contributed by atoms with Gasteiger partial charge in [0.15, 0.2) is 0 Å². The first kappa shape index (κ1) is 13.5. The van der Waals surface area contributed by atoms with Gasteiger partial charge in [-0.15, -0.1) is 0 Å². The van der Waals surface area contributed by atoms with Crippen LogP contribution in [-0.2, 0) is 6.61 Å². The Morgan fingerprint density at radius 2 is 1.95 bits per heavy atom. The van der Waals surface area contributed by atoms with E-state index in [0.29, 0.717) is 16.2 Å². The van der Waals surface area contributed by atoms with Crippen molar-refractivity contribution in [3.63, 3.8) is 0 Å². The second-order valence-corrected chi connectivity index (χ2v) is 5.03. The Kier molecular flexibility index (Phi) is 3.54. The van der Waals surface area contributed by atoms with Crippen LogP contribution >= 0.6 is 11.6 Å². The molecule has 21 heavy (non-hydrogen) atoms. The Labute approximate surface area is 125 Å². The number of halogens is 1.